The highest BCUT2D eigenvalue weighted by Crippen LogP contribution is 2.42. The number of anilines is 1. The zero-order chi connectivity index (χ0) is 43.3. The molecule has 1 saturated carbocycles. The van der Waals surface area contributed by atoms with E-state index in [0.29, 0.717) is 5.92 Å². The van der Waals surface area contributed by atoms with Crippen molar-refractivity contribution in [3.8, 4) is 12.3 Å². The predicted octanol–water partition coefficient (Wildman–Crippen LogP) is 13.7. The van der Waals surface area contributed by atoms with Crippen LogP contribution in [0.15, 0.2) is 104 Å². The molecule has 0 radical (unpaired) electrons. The third-order valence-electron chi connectivity index (χ3n) is 13.4. The van der Waals surface area contributed by atoms with E-state index in [0.717, 1.165) is 56.1 Å². The van der Waals surface area contributed by atoms with Crippen LogP contribution in [0.2, 0.25) is 0 Å². The summed E-state index contributed by atoms with van der Waals surface area (Å²) >= 11 is 0. The quantitative estimate of drug-likeness (QED) is 0.0817. The van der Waals surface area contributed by atoms with E-state index in [1.54, 1.807) is 12.5 Å². The van der Waals surface area contributed by atoms with Gasteiger partial charge in [-0.1, -0.05) is 126 Å². The van der Waals surface area contributed by atoms with Gasteiger partial charge in [0.15, 0.2) is 0 Å². The van der Waals surface area contributed by atoms with E-state index in [1.807, 2.05) is 19.2 Å². The lowest BCUT2D eigenvalue weighted by Crippen LogP contribution is -2.35. The summed E-state index contributed by atoms with van der Waals surface area (Å²) in [5, 5.41) is 3.32. The topological polar surface area (TPSA) is 21.8 Å². The molecule has 326 valence electrons. The highest BCUT2D eigenvalue weighted by atomic mass is 15.2. The molecule has 60 heavy (non-hydrogen) atoms. The van der Waals surface area contributed by atoms with Crippen molar-refractivity contribution in [3.63, 3.8) is 0 Å². The number of hydrogen-bond donors (Lipinski definition) is 1. The molecule has 1 unspecified atom stereocenters. The molecule has 2 aliphatic carbocycles. The van der Waals surface area contributed by atoms with E-state index in [2.05, 4.69) is 128 Å². The van der Waals surface area contributed by atoms with Crippen LogP contribution in [0.25, 0.3) is 5.70 Å². The third kappa shape index (κ3) is 14.8. The highest BCUT2D eigenvalue weighted by Gasteiger charge is 2.33. The molecule has 1 N–H and O–H groups in total. The second-order valence-electron chi connectivity index (χ2n) is 18.0. The Bertz CT molecular complexity index is 1750. The second kappa shape index (κ2) is 26.2. The monoisotopic (exact) mass is 811 g/mol. The smallest absolute Gasteiger partial charge is 0.0688 e. The molecule has 4 aliphatic rings. The Morgan fingerprint density at radius 2 is 1.67 bits per heavy atom. The number of fused-ring (bicyclic) bond motifs is 1. The third-order valence-corrected chi connectivity index (χ3v) is 13.4. The van der Waals surface area contributed by atoms with Gasteiger partial charge in [-0.05, 0) is 149 Å². The minimum absolute atomic E-state index is 0.229. The van der Waals surface area contributed by atoms with Crippen molar-refractivity contribution in [1.29, 1.82) is 0 Å². The van der Waals surface area contributed by atoms with E-state index >= 15 is 0 Å². The summed E-state index contributed by atoms with van der Waals surface area (Å²) in [5.74, 6) is 3.94. The fraction of sp³-hybridized carbons (Fsp3) is 0.536. The first kappa shape index (κ1) is 48.5. The minimum atomic E-state index is 0.229. The Labute approximate surface area is 368 Å². The molecule has 6 rings (SSSR count). The number of unbranched alkanes of at least 4 members (excludes halogenated alkanes) is 5. The summed E-state index contributed by atoms with van der Waals surface area (Å²) in [7, 11) is 4.17. The molecular formula is C56H82N4. The fourth-order valence-electron chi connectivity index (χ4n) is 9.67. The van der Waals surface area contributed by atoms with Crippen LogP contribution in [-0.2, 0) is 13.0 Å². The van der Waals surface area contributed by atoms with Gasteiger partial charge in [0.05, 0.1) is 6.04 Å². The summed E-state index contributed by atoms with van der Waals surface area (Å²) in [6.45, 7) is 28.7. The fourth-order valence-corrected chi connectivity index (χ4v) is 9.67. The molecule has 0 aromatic heterocycles. The summed E-state index contributed by atoms with van der Waals surface area (Å²) < 4.78 is 0. The van der Waals surface area contributed by atoms with Crippen LogP contribution in [0.1, 0.15) is 150 Å². The molecule has 4 heteroatoms. The van der Waals surface area contributed by atoms with Gasteiger partial charge < -0.3 is 20.0 Å². The van der Waals surface area contributed by atoms with E-state index in [4.69, 9.17) is 0 Å². The van der Waals surface area contributed by atoms with Crippen LogP contribution >= 0.6 is 0 Å². The van der Waals surface area contributed by atoms with Gasteiger partial charge in [-0.2, -0.15) is 0 Å². The van der Waals surface area contributed by atoms with Gasteiger partial charge in [0.2, 0.25) is 0 Å². The van der Waals surface area contributed by atoms with Crippen LogP contribution in [0.4, 0.5) is 5.69 Å². The predicted molar refractivity (Wildman–Crippen MR) is 264 cm³/mol. The highest BCUT2D eigenvalue weighted by molar-refractivity contribution is 5.72. The van der Waals surface area contributed by atoms with Crippen molar-refractivity contribution in [2.45, 2.75) is 148 Å². The van der Waals surface area contributed by atoms with Crippen molar-refractivity contribution in [1.82, 2.24) is 15.1 Å². The molecule has 2 heterocycles. The normalized spacial score (nSPS) is 17.2. The van der Waals surface area contributed by atoms with E-state index in [1.165, 1.54) is 142 Å². The maximum Gasteiger partial charge on any atom is 0.0688 e. The number of nitrogens with one attached hydrogen (secondary N) is 1. The van der Waals surface area contributed by atoms with Crippen LogP contribution in [-0.4, -0.2) is 56.1 Å². The minimum Gasteiger partial charge on any atom is -0.390 e. The Kier molecular flexibility index (Phi) is 21.2. The van der Waals surface area contributed by atoms with Gasteiger partial charge >= 0.3 is 0 Å². The van der Waals surface area contributed by atoms with Crippen LogP contribution in [0.5, 0.6) is 0 Å². The van der Waals surface area contributed by atoms with Gasteiger partial charge in [0, 0.05) is 49.8 Å². The van der Waals surface area contributed by atoms with Crippen molar-refractivity contribution in [2.24, 2.45) is 5.92 Å². The maximum atomic E-state index is 4.60. The van der Waals surface area contributed by atoms with Crippen molar-refractivity contribution >= 4 is 11.4 Å². The standard InChI is InChI=1S/C47H66N4.C6H12.C3H4/c1-8-10-22-47(37(4)48-6)51-35-46-44(38(51)5)32-36(3)33-45(46)41-27-30-50(31-28-41)29-18-14-12-11-13-15-19-39-23-25-43(26-24-39)49(7)34-42-21-17-16-20-40(42)9-2;1-6-4-2-3-5-6;1-3-2/h8-9,17,21,23-26,32-33,41,47-48H,1-2,4-5,10-16,18-20,22,27-31,34-35H2,3,6-7H3;6H,2-5H2,1H3;1H,2H3. The van der Waals surface area contributed by atoms with Gasteiger partial charge in [-0.3, -0.25) is 0 Å². The molecule has 1 atom stereocenters. The summed E-state index contributed by atoms with van der Waals surface area (Å²) in [4.78, 5) is 7.56. The van der Waals surface area contributed by atoms with Crippen molar-refractivity contribution < 1.29 is 0 Å². The summed E-state index contributed by atoms with van der Waals surface area (Å²) in [5.41, 5.74) is 13.5. The van der Waals surface area contributed by atoms with Gasteiger partial charge in [0.25, 0.3) is 0 Å². The molecule has 4 nitrogen and oxygen atoms in total. The van der Waals surface area contributed by atoms with E-state index < -0.39 is 0 Å². The first-order valence-corrected chi connectivity index (χ1v) is 23.6. The van der Waals surface area contributed by atoms with E-state index in [9.17, 15) is 0 Å². The number of allylic oxidation sites excluding steroid dienone is 4. The van der Waals surface area contributed by atoms with Crippen molar-refractivity contribution in [3.05, 3.63) is 132 Å². The van der Waals surface area contributed by atoms with Crippen molar-refractivity contribution in [2.75, 3.05) is 45.2 Å². The zero-order valence-electron chi connectivity index (χ0n) is 38.8. The Hall–Kier alpha value is -4.20. The molecule has 2 aliphatic heterocycles. The first-order valence-electron chi connectivity index (χ1n) is 23.6. The van der Waals surface area contributed by atoms with Gasteiger partial charge in [-0.25, -0.2) is 0 Å². The maximum absolute atomic E-state index is 4.60. The largest absolute Gasteiger partial charge is 0.390 e. The average molecular weight is 811 g/mol. The number of piperidine rings is 1. The molecule has 2 aromatic rings. The first-order chi connectivity index (χ1) is 29.1. The molecule has 0 spiro atoms. The number of likely N-dealkylation sites (tertiary alicyclic amines) is 1. The number of hydrogen-bond acceptors (Lipinski definition) is 4. The second-order valence-corrected chi connectivity index (χ2v) is 18.0. The molecule has 0 bridgehead atoms. The Morgan fingerprint density at radius 3 is 2.28 bits per heavy atom. The van der Waals surface area contributed by atoms with Gasteiger partial charge in [-0.15, -0.1) is 18.9 Å². The number of benzene rings is 2. The number of nitrogens with zero attached hydrogens (tertiary/aromatic N) is 3. The number of terminal acetylenes is 1. The number of rotatable bonds is 20. The number of likely N-dealkylation sites (N-methyl/N-ethyl adjacent to an activating group) is 2. The van der Waals surface area contributed by atoms with Crippen LogP contribution in [0, 0.1) is 25.2 Å². The molecule has 2 aromatic carbocycles. The molecular weight excluding hydrogens is 729 g/mol. The van der Waals surface area contributed by atoms with E-state index in [-0.39, 0.29) is 6.04 Å². The van der Waals surface area contributed by atoms with Gasteiger partial charge in [0.1, 0.15) is 0 Å². The lowest BCUT2D eigenvalue weighted by molar-refractivity contribution is 0.207. The lowest BCUT2D eigenvalue weighted by atomic mass is 9.84. The van der Waals surface area contributed by atoms with Crippen LogP contribution in [0.3, 0.4) is 0 Å². The zero-order valence-corrected chi connectivity index (χ0v) is 38.8. The lowest BCUT2D eigenvalue weighted by Gasteiger charge is -2.33. The number of aryl methyl sites for hydroxylation is 2. The SMILES string of the molecule is C#CC.C=CCCC(C(=C)NC)N1Cc2c(cc(C)cc2C2CCN(CCCCCCCCc3ccc(N(C)CC4=C(C=C)CCC=C4)cc3)CC2)C1=C.CC1CCCC1. The average Bonchev–Trinajstić information content (AvgIpc) is 3.88. The Balaban J connectivity index is 0.000000788. The van der Waals surface area contributed by atoms with Crippen LogP contribution < -0.4 is 10.2 Å². The molecule has 2 fully saturated rings. The molecule has 1 saturated heterocycles. The molecule has 0 amide bonds. The summed E-state index contributed by atoms with van der Waals surface area (Å²) in [6.07, 6.45) is 35.1. The Morgan fingerprint density at radius 1 is 1.00 bits per heavy atom. The summed E-state index contributed by atoms with van der Waals surface area (Å²) in [6, 6.07) is 14.3.